The zero-order valence-electron chi connectivity index (χ0n) is 23.9. The summed E-state index contributed by atoms with van der Waals surface area (Å²) in [5.74, 6) is -1.27. The molecular weight excluding hydrogens is 577 g/mol. The number of hydrogen-bond acceptors (Lipinski definition) is 4. The highest BCUT2D eigenvalue weighted by molar-refractivity contribution is 7.92. The van der Waals surface area contributed by atoms with E-state index in [0.29, 0.717) is 22.6 Å². The predicted octanol–water partition coefficient (Wildman–Crippen LogP) is 6.24. The summed E-state index contributed by atoms with van der Waals surface area (Å²) in [6.45, 7) is 2.95. The molecule has 7 nitrogen and oxygen atoms in total. The molecule has 10 heteroatoms. The predicted molar refractivity (Wildman–Crippen MR) is 163 cm³/mol. The summed E-state index contributed by atoms with van der Waals surface area (Å²) in [5, 5.41) is 3.47. The molecule has 224 valence electrons. The Morgan fingerprint density at radius 2 is 1.64 bits per heavy atom. The Morgan fingerprint density at radius 1 is 0.976 bits per heavy atom. The zero-order valence-corrected chi connectivity index (χ0v) is 25.5. The first-order valence-electron chi connectivity index (χ1n) is 14.3. The maximum atomic E-state index is 14.2. The van der Waals surface area contributed by atoms with E-state index in [1.54, 1.807) is 55.5 Å². The van der Waals surface area contributed by atoms with Gasteiger partial charge < -0.3 is 10.2 Å². The van der Waals surface area contributed by atoms with Crippen LogP contribution in [-0.4, -0.2) is 43.8 Å². The lowest BCUT2D eigenvalue weighted by molar-refractivity contribution is -0.140. The number of sulfonamides is 1. The van der Waals surface area contributed by atoms with Gasteiger partial charge in [0.2, 0.25) is 11.8 Å². The van der Waals surface area contributed by atoms with Crippen LogP contribution in [0, 0.1) is 12.7 Å². The molecule has 1 fully saturated rings. The van der Waals surface area contributed by atoms with E-state index in [9.17, 15) is 22.4 Å². The quantitative estimate of drug-likeness (QED) is 0.277. The molecule has 2 amide bonds. The van der Waals surface area contributed by atoms with Crippen molar-refractivity contribution in [3.05, 3.63) is 94.8 Å². The molecule has 1 saturated carbocycles. The molecule has 1 aliphatic rings. The molecule has 1 aliphatic carbocycles. The van der Waals surface area contributed by atoms with E-state index in [1.807, 2.05) is 6.92 Å². The highest BCUT2D eigenvalue weighted by Gasteiger charge is 2.35. The van der Waals surface area contributed by atoms with E-state index in [0.717, 1.165) is 36.4 Å². The third kappa shape index (κ3) is 7.50. The average molecular weight is 614 g/mol. The van der Waals surface area contributed by atoms with Gasteiger partial charge >= 0.3 is 0 Å². The smallest absolute Gasteiger partial charge is 0.264 e. The fraction of sp³-hybridized carbons (Fsp3) is 0.375. The van der Waals surface area contributed by atoms with Gasteiger partial charge in [0.25, 0.3) is 10.0 Å². The molecular formula is C32H37ClFN3O4S. The molecule has 3 aromatic rings. The van der Waals surface area contributed by atoms with Gasteiger partial charge in [-0.05, 0) is 73.7 Å². The standard InChI is InChI=1S/C32H37ClFN3O4S/c1-3-29(32(39)35-26-11-6-4-7-12-26)36(21-24-17-19-25(34)20-18-24)31(38)22-37(30-16-10-15-28(33)23(30)2)42(40,41)27-13-8-5-9-14-27/h5,8-10,13-20,26,29H,3-4,6-7,11-12,21-22H2,1-2H3,(H,35,39)/t29-/m1/s1. The Bertz CT molecular complexity index is 1480. The van der Waals surface area contributed by atoms with Crippen LogP contribution in [0.2, 0.25) is 5.02 Å². The van der Waals surface area contributed by atoms with E-state index >= 15 is 0 Å². The molecule has 0 heterocycles. The van der Waals surface area contributed by atoms with Crippen LogP contribution in [0.25, 0.3) is 0 Å². The van der Waals surface area contributed by atoms with Gasteiger partial charge in [-0.25, -0.2) is 12.8 Å². The second-order valence-electron chi connectivity index (χ2n) is 10.6. The molecule has 0 bridgehead atoms. The van der Waals surface area contributed by atoms with Gasteiger partial charge in [-0.3, -0.25) is 13.9 Å². The van der Waals surface area contributed by atoms with Crippen LogP contribution in [-0.2, 0) is 26.2 Å². The van der Waals surface area contributed by atoms with Crippen molar-refractivity contribution in [2.75, 3.05) is 10.8 Å². The SMILES string of the molecule is CC[C@H](C(=O)NC1CCCCC1)N(Cc1ccc(F)cc1)C(=O)CN(c1cccc(Cl)c1C)S(=O)(=O)c1ccccc1. The van der Waals surface area contributed by atoms with Gasteiger partial charge in [-0.1, -0.05) is 74.2 Å². The van der Waals surface area contributed by atoms with E-state index in [4.69, 9.17) is 11.6 Å². The number of amides is 2. The van der Waals surface area contributed by atoms with Gasteiger partial charge in [0.15, 0.2) is 0 Å². The summed E-state index contributed by atoms with van der Waals surface area (Å²) < 4.78 is 42.7. The fourth-order valence-corrected chi connectivity index (χ4v) is 7.01. The molecule has 4 rings (SSSR count). The van der Waals surface area contributed by atoms with E-state index < -0.39 is 34.3 Å². The van der Waals surface area contributed by atoms with Gasteiger partial charge in [0.05, 0.1) is 10.6 Å². The summed E-state index contributed by atoms with van der Waals surface area (Å²) in [6.07, 6.45) is 5.27. The van der Waals surface area contributed by atoms with Crippen LogP contribution in [0.3, 0.4) is 0 Å². The minimum Gasteiger partial charge on any atom is -0.352 e. The number of hydrogen-bond donors (Lipinski definition) is 1. The summed E-state index contributed by atoms with van der Waals surface area (Å²) in [4.78, 5) is 29.2. The Morgan fingerprint density at radius 3 is 2.29 bits per heavy atom. The lowest BCUT2D eigenvalue weighted by Crippen LogP contribution is -2.54. The van der Waals surface area contributed by atoms with Crippen LogP contribution in [0.1, 0.15) is 56.6 Å². The summed E-state index contributed by atoms with van der Waals surface area (Å²) >= 11 is 6.38. The van der Waals surface area contributed by atoms with E-state index in [-0.39, 0.29) is 29.1 Å². The van der Waals surface area contributed by atoms with Crippen molar-refractivity contribution < 1.29 is 22.4 Å². The maximum absolute atomic E-state index is 14.2. The van der Waals surface area contributed by atoms with Gasteiger partial charge in [-0.15, -0.1) is 0 Å². The van der Waals surface area contributed by atoms with Crippen molar-refractivity contribution in [3.63, 3.8) is 0 Å². The Kier molecular flexibility index (Phi) is 10.6. The number of rotatable bonds is 11. The topological polar surface area (TPSA) is 86.8 Å². The molecule has 0 spiro atoms. The van der Waals surface area contributed by atoms with E-state index in [1.165, 1.54) is 29.2 Å². The lowest BCUT2D eigenvalue weighted by atomic mass is 9.95. The number of anilines is 1. The van der Waals surface area contributed by atoms with Crippen molar-refractivity contribution in [2.45, 2.75) is 75.9 Å². The first-order valence-corrected chi connectivity index (χ1v) is 16.1. The van der Waals surface area contributed by atoms with Gasteiger partial charge in [0.1, 0.15) is 18.4 Å². The van der Waals surface area contributed by atoms with Gasteiger partial charge in [-0.2, -0.15) is 0 Å². The molecule has 0 saturated heterocycles. The summed E-state index contributed by atoms with van der Waals surface area (Å²) in [5.41, 5.74) is 1.38. The van der Waals surface area contributed by atoms with Gasteiger partial charge in [0, 0.05) is 17.6 Å². The number of carbonyl (C=O) groups is 2. The molecule has 1 atom stereocenters. The third-order valence-corrected chi connectivity index (χ3v) is 9.90. The average Bonchev–Trinajstić information content (AvgIpc) is 2.99. The zero-order chi connectivity index (χ0) is 30.3. The normalized spacial score (nSPS) is 14.7. The van der Waals surface area contributed by atoms with Crippen LogP contribution in [0.15, 0.2) is 77.7 Å². The third-order valence-electron chi connectivity index (χ3n) is 7.72. The summed E-state index contributed by atoms with van der Waals surface area (Å²) in [7, 11) is -4.20. The minimum absolute atomic E-state index is 0.00343. The van der Waals surface area contributed by atoms with Crippen molar-refractivity contribution in [3.8, 4) is 0 Å². The monoisotopic (exact) mass is 613 g/mol. The number of nitrogens with zero attached hydrogens (tertiary/aromatic N) is 2. The highest BCUT2D eigenvalue weighted by atomic mass is 35.5. The maximum Gasteiger partial charge on any atom is 0.264 e. The second-order valence-corrected chi connectivity index (χ2v) is 12.9. The Balaban J connectivity index is 1.72. The molecule has 42 heavy (non-hydrogen) atoms. The second kappa shape index (κ2) is 14.2. The van der Waals surface area contributed by atoms with Crippen LogP contribution >= 0.6 is 11.6 Å². The number of benzene rings is 3. The first-order chi connectivity index (χ1) is 20.1. The molecule has 0 unspecified atom stereocenters. The first kappa shape index (κ1) is 31.5. The van der Waals surface area contributed by atoms with E-state index in [2.05, 4.69) is 5.32 Å². The number of nitrogens with one attached hydrogen (secondary N) is 1. The minimum atomic E-state index is -4.20. The van der Waals surface area contributed by atoms with Crippen molar-refractivity contribution in [1.82, 2.24) is 10.2 Å². The largest absolute Gasteiger partial charge is 0.352 e. The molecule has 0 aromatic heterocycles. The molecule has 0 radical (unpaired) electrons. The highest BCUT2D eigenvalue weighted by Crippen LogP contribution is 2.31. The number of carbonyl (C=O) groups excluding carboxylic acids is 2. The fourth-order valence-electron chi connectivity index (χ4n) is 5.35. The molecule has 3 aromatic carbocycles. The van der Waals surface area contributed by atoms with Crippen LogP contribution in [0.5, 0.6) is 0 Å². The molecule has 1 N–H and O–H groups in total. The Hall–Kier alpha value is -3.43. The number of halogens is 2. The Labute approximate surface area is 252 Å². The summed E-state index contributed by atoms with van der Waals surface area (Å²) in [6, 6.07) is 17.6. The van der Waals surface area contributed by atoms with Crippen molar-refractivity contribution in [1.29, 1.82) is 0 Å². The molecule has 0 aliphatic heterocycles. The van der Waals surface area contributed by atoms with Crippen molar-refractivity contribution >= 4 is 39.1 Å². The lowest BCUT2D eigenvalue weighted by Gasteiger charge is -2.34. The van der Waals surface area contributed by atoms with Crippen LogP contribution in [0.4, 0.5) is 10.1 Å². The van der Waals surface area contributed by atoms with Crippen LogP contribution < -0.4 is 9.62 Å². The van der Waals surface area contributed by atoms with Crippen molar-refractivity contribution in [2.24, 2.45) is 0 Å².